The minimum absolute atomic E-state index is 0.0303. The fraction of sp³-hybridized carbons (Fsp3) is 0.529. The Morgan fingerprint density at radius 3 is 2.54 bits per heavy atom. The van der Waals surface area contributed by atoms with Crippen LogP contribution in [0.3, 0.4) is 0 Å². The summed E-state index contributed by atoms with van der Waals surface area (Å²) in [6, 6.07) is 5.25. The molecule has 1 N–H and O–H groups in total. The minimum Gasteiger partial charge on any atom is -0.352 e. The van der Waals surface area contributed by atoms with Crippen LogP contribution in [-0.2, 0) is 19.6 Å². The Labute approximate surface area is 143 Å². The largest absolute Gasteiger partial charge is 0.352 e. The number of nitrogens with zero attached hydrogens (tertiary/aromatic N) is 1. The van der Waals surface area contributed by atoms with Gasteiger partial charge in [-0.2, -0.15) is 0 Å². The summed E-state index contributed by atoms with van der Waals surface area (Å²) in [7, 11) is -4.02. The Bertz CT molecular complexity index is 713. The lowest BCUT2D eigenvalue weighted by atomic mass is 10.1. The first kappa shape index (κ1) is 18.4. The second-order valence-electron chi connectivity index (χ2n) is 6.26. The lowest BCUT2D eigenvalue weighted by Gasteiger charge is -2.25. The van der Waals surface area contributed by atoms with Gasteiger partial charge in [0.05, 0.1) is 4.90 Å². The van der Waals surface area contributed by atoms with E-state index in [1.54, 1.807) is 12.1 Å². The van der Waals surface area contributed by atoms with Crippen molar-refractivity contribution in [3.63, 3.8) is 0 Å². The van der Waals surface area contributed by atoms with Crippen molar-refractivity contribution in [2.75, 3.05) is 0 Å². The van der Waals surface area contributed by atoms with Crippen LogP contribution in [0.1, 0.15) is 45.1 Å². The Morgan fingerprint density at radius 2 is 1.96 bits per heavy atom. The van der Waals surface area contributed by atoms with Crippen molar-refractivity contribution >= 4 is 21.8 Å². The van der Waals surface area contributed by atoms with Gasteiger partial charge in [-0.15, -0.1) is 0 Å². The molecule has 1 aliphatic heterocycles. The molecule has 1 aliphatic rings. The number of rotatable bonds is 6. The predicted molar refractivity (Wildman–Crippen MR) is 90.7 cm³/mol. The smallest absolute Gasteiger partial charge is 0.267 e. The SMILES string of the molecule is CCC[C@@H](C)NC(=O)[C@@H]1CCC(=O)N1S(=O)(=O)c1ccc(C)cc1. The van der Waals surface area contributed by atoms with Gasteiger partial charge in [0.25, 0.3) is 10.0 Å². The molecule has 1 saturated heterocycles. The third-order valence-electron chi connectivity index (χ3n) is 4.15. The molecule has 24 heavy (non-hydrogen) atoms. The van der Waals surface area contributed by atoms with E-state index in [1.807, 2.05) is 20.8 Å². The van der Waals surface area contributed by atoms with E-state index >= 15 is 0 Å². The van der Waals surface area contributed by atoms with E-state index in [2.05, 4.69) is 5.32 Å². The molecular weight excluding hydrogens is 328 g/mol. The molecule has 0 bridgehead atoms. The molecule has 0 aromatic heterocycles. The molecule has 132 valence electrons. The number of nitrogens with one attached hydrogen (secondary N) is 1. The number of carbonyl (C=O) groups excluding carboxylic acids is 2. The number of amides is 2. The molecule has 0 radical (unpaired) electrons. The average molecular weight is 352 g/mol. The third kappa shape index (κ3) is 3.77. The summed E-state index contributed by atoms with van der Waals surface area (Å²) < 4.78 is 26.4. The van der Waals surface area contributed by atoms with Gasteiger partial charge >= 0.3 is 0 Å². The van der Waals surface area contributed by atoms with Gasteiger partial charge in [-0.25, -0.2) is 12.7 Å². The first-order valence-corrected chi connectivity index (χ1v) is 9.65. The van der Waals surface area contributed by atoms with Gasteiger partial charge in [-0.05, 0) is 38.8 Å². The zero-order valence-corrected chi connectivity index (χ0v) is 15.1. The second kappa shape index (κ2) is 7.34. The van der Waals surface area contributed by atoms with Crippen LogP contribution in [0.5, 0.6) is 0 Å². The van der Waals surface area contributed by atoms with E-state index in [0.29, 0.717) is 0 Å². The number of aryl methyl sites for hydroxylation is 1. The molecule has 0 unspecified atom stereocenters. The molecule has 0 spiro atoms. The first-order valence-electron chi connectivity index (χ1n) is 8.21. The Morgan fingerprint density at radius 1 is 1.33 bits per heavy atom. The highest BCUT2D eigenvalue weighted by Gasteiger charge is 2.44. The molecule has 1 heterocycles. The number of hydrogen-bond donors (Lipinski definition) is 1. The molecule has 1 aromatic carbocycles. The molecule has 0 saturated carbocycles. The van der Waals surface area contributed by atoms with Crippen LogP contribution in [0.15, 0.2) is 29.2 Å². The van der Waals surface area contributed by atoms with Crippen LogP contribution in [0.4, 0.5) is 0 Å². The van der Waals surface area contributed by atoms with Crippen LogP contribution in [-0.4, -0.2) is 36.6 Å². The van der Waals surface area contributed by atoms with E-state index in [-0.39, 0.29) is 23.8 Å². The maximum atomic E-state index is 12.8. The highest BCUT2D eigenvalue weighted by Crippen LogP contribution is 2.27. The summed E-state index contributed by atoms with van der Waals surface area (Å²) >= 11 is 0. The van der Waals surface area contributed by atoms with Gasteiger partial charge in [0, 0.05) is 12.5 Å². The topological polar surface area (TPSA) is 83.6 Å². The van der Waals surface area contributed by atoms with Crippen molar-refractivity contribution in [1.29, 1.82) is 0 Å². The molecule has 1 fully saturated rings. The van der Waals surface area contributed by atoms with E-state index < -0.39 is 27.9 Å². The number of sulfonamides is 1. The van der Waals surface area contributed by atoms with E-state index in [4.69, 9.17) is 0 Å². The molecule has 2 amide bonds. The van der Waals surface area contributed by atoms with Crippen LogP contribution in [0.2, 0.25) is 0 Å². The quantitative estimate of drug-likeness (QED) is 0.848. The predicted octanol–water partition coefficient (Wildman–Crippen LogP) is 1.98. The van der Waals surface area contributed by atoms with Gasteiger partial charge in [-0.1, -0.05) is 31.0 Å². The number of benzene rings is 1. The fourth-order valence-electron chi connectivity index (χ4n) is 2.87. The van der Waals surface area contributed by atoms with Crippen molar-refractivity contribution in [3.05, 3.63) is 29.8 Å². The zero-order valence-electron chi connectivity index (χ0n) is 14.3. The van der Waals surface area contributed by atoms with Crippen molar-refractivity contribution < 1.29 is 18.0 Å². The Hall–Kier alpha value is -1.89. The van der Waals surface area contributed by atoms with Crippen LogP contribution < -0.4 is 5.32 Å². The minimum atomic E-state index is -4.02. The number of hydrogen-bond acceptors (Lipinski definition) is 4. The highest BCUT2D eigenvalue weighted by molar-refractivity contribution is 7.89. The molecule has 6 nitrogen and oxygen atoms in total. The summed E-state index contributed by atoms with van der Waals surface area (Å²) in [5.41, 5.74) is 0.921. The monoisotopic (exact) mass is 352 g/mol. The van der Waals surface area contributed by atoms with Crippen LogP contribution >= 0.6 is 0 Å². The molecule has 0 aliphatic carbocycles. The lowest BCUT2D eigenvalue weighted by Crippen LogP contribution is -2.49. The van der Waals surface area contributed by atoms with E-state index in [1.165, 1.54) is 12.1 Å². The molecule has 7 heteroatoms. The zero-order chi connectivity index (χ0) is 17.9. The van der Waals surface area contributed by atoms with Crippen LogP contribution in [0, 0.1) is 6.92 Å². The van der Waals surface area contributed by atoms with Gasteiger partial charge in [0.2, 0.25) is 11.8 Å². The maximum Gasteiger partial charge on any atom is 0.267 e. The fourth-order valence-corrected chi connectivity index (χ4v) is 4.47. The van der Waals surface area contributed by atoms with Crippen LogP contribution in [0.25, 0.3) is 0 Å². The molecule has 2 rings (SSSR count). The summed E-state index contributed by atoms with van der Waals surface area (Å²) in [5, 5.41) is 2.81. The molecule has 2 atom stereocenters. The summed E-state index contributed by atoms with van der Waals surface area (Å²) in [4.78, 5) is 24.6. The van der Waals surface area contributed by atoms with E-state index in [9.17, 15) is 18.0 Å². The standard InChI is InChI=1S/C17H24N2O4S/c1-4-5-13(3)18-17(21)15-10-11-16(20)19(15)24(22,23)14-8-6-12(2)7-9-14/h6-9,13,15H,4-5,10-11H2,1-3H3,(H,18,21)/t13-,15+/m1/s1. The second-order valence-corrected chi connectivity index (χ2v) is 8.08. The van der Waals surface area contributed by atoms with Gasteiger partial charge in [0.15, 0.2) is 0 Å². The summed E-state index contributed by atoms with van der Waals surface area (Å²) in [5.74, 6) is -0.934. The summed E-state index contributed by atoms with van der Waals surface area (Å²) in [6.45, 7) is 5.73. The van der Waals surface area contributed by atoms with E-state index in [0.717, 1.165) is 22.7 Å². The highest BCUT2D eigenvalue weighted by atomic mass is 32.2. The summed E-state index contributed by atoms with van der Waals surface area (Å²) in [6.07, 6.45) is 1.99. The van der Waals surface area contributed by atoms with Crippen molar-refractivity contribution in [2.24, 2.45) is 0 Å². The first-order chi connectivity index (χ1) is 11.3. The van der Waals surface area contributed by atoms with Crippen molar-refractivity contribution in [1.82, 2.24) is 9.62 Å². The van der Waals surface area contributed by atoms with Gasteiger partial charge in [-0.3, -0.25) is 9.59 Å². The molecule has 1 aromatic rings. The lowest BCUT2D eigenvalue weighted by molar-refractivity contribution is -0.131. The Kier molecular flexibility index (Phi) is 5.64. The van der Waals surface area contributed by atoms with Crippen molar-refractivity contribution in [3.8, 4) is 0 Å². The van der Waals surface area contributed by atoms with Gasteiger partial charge in [0.1, 0.15) is 6.04 Å². The maximum absolute atomic E-state index is 12.8. The van der Waals surface area contributed by atoms with Crippen molar-refractivity contribution in [2.45, 2.75) is 63.4 Å². The average Bonchev–Trinajstić information content (AvgIpc) is 2.90. The Balaban J connectivity index is 2.26. The molecular formula is C17H24N2O4S. The van der Waals surface area contributed by atoms with Gasteiger partial charge < -0.3 is 5.32 Å². The third-order valence-corrected chi connectivity index (χ3v) is 6.00. The normalized spacial score (nSPS) is 19.4. The number of carbonyl (C=O) groups is 2.